The molecule has 0 bridgehead atoms. The summed E-state index contributed by atoms with van der Waals surface area (Å²) in [6.45, 7) is 9.62. The van der Waals surface area contributed by atoms with E-state index in [-0.39, 0.29) is 11.8 Å². The van der Waals surface area contributed by atoms with Gasteiger partial charge < -0.3 is 32.3 Å². The summed E-state index contributed by atoms with van der Waals surface area (Å²) in [6.07, 6.45) is 37.2. The average molecular weight is 724 g/mol. The summed E-state index contributed by atoms with van der Waals surface area (Å²) in [5.74, 6) is -0.351. The number of unbranched alkanes of at least 4 members (excludes halogenated alkanes) is 24. The molecule has 0 rings (SSSR count). The third-order valence-electron chi connectivity index (χ3n) is 10.9. The summed E-state index contributed by atoms with van der Waals surface area (Å²) in [4.78, 5) is 26.2. The molecule has 0 heterocycles. The standard InChI is InChI=1S/C43H90N6O2/c1-4-6-8-10-12-14-16-18-20-22-24-30-37-49(3,38-31-25-23-21-19-17-15-13-11-9-7-5-2)39-36-47-43(51)41(33-27-29-35-45)48-42(50)40(46)32-26-28-34-44/h40-41H,4-39,44-46H2,1-3H3,(H-,47,48,50,51)/p+1/t40-,41?/m0/s1. The molecular formula is C43H91N6O2+. The summed E-state index contributed by atoms with van der Waals surface area (Å²) < 4.78 is 1.01. The van der Waals surface area contributed by atoms with E-state index in [1.54, 1.807) is 0 Å². The molecule has 0 saturated heterocycles. The second kappa shape index (κ2) is 37.1. The van der Waals surface area contributed by atoms with Gasteiger partial charge in [-0.2, -0.15) is 0 Å². The van der Waals surface area contributed by atoms with Gasteiger partial charge in [0.15, 0.2) is 0 Å². The summed E-state index contributed by atoms with van der Waals surface area (Å²) in [5, 5.41) is 6.15. The molecule has 8 nitrogen and oxygen atoms in total. The van der Waals surface area contributed by atoms with Crippen LogP contribution in [0.2, 0.25) is 0 Å². The molecule has 0 radical (unpaired) electrons. The van der Waals surface area contributed by atoms with E-state index in [1.165, 1.54) is 167 Å². The smallest absolute Gasteiger partial charge is 0.242 e. The van der Waals surface area contributed by atoms with E-state index < -0.39 is 12.1 Å². The van der Waals surface area contributed by atoms with Crippen LogP contribution in [0.15, 0.2) is 0 Å². The number of nitrogens with one attached hydrogen (secondary N) is 2. The lowest BCUT2D eigenvalue weighted by Crippen LogP contribution is -2.54. The lowest BCUT2D eigenvalue weighted by Gasteiger charge is -2.35. The van der Waals surface area contributed by atoms with Gasteiger partial charge in [-0.05, 0) is 70.9 Å². The van der Waals surface area contributed by atoms with Crippen molar-refractivity contribution in [2.45, 2.75) is 219 Å². The van der Waals surface area contributed by atoms with Crippen LogP contribution in [0.25, 0.3) is 0 Å². The molecule has 0 aromatic rings. The molecule has 0 aromatic heterocycles. The Morgan fingerprint density at radius 2 is 0.863 bits per heavy atom. The maximum atomic E-state index is 13.4. The lowest BCUT2D eigenvalue weighted by molar-refractivity contribution is -0.908. The molecule has 304 valence electrons. The number of quaternary nitrogens is 1. The number of hydrogen-bond acceptors (Lipinski definition) is 5. The Kier molecular flexibility index (Phi) is 36.2. The SMILES string of the molecule is CCCCCCCCCCCCCC[N+](C)(CCCCCCCCCCCCCC)CCNC(=O)C(CCCCN)NC(=O)[C@@H](N)CCCCN. The molecule has 8 heteroatoms. The number of likely N-dealkylation sites (N-methyl/N-ethyl adjacent to an activating group) is 1. The maximum Gasteiger partial charge on any atom is 0.242 e. The number of hydrogen-bond donors (Lipinski definition) is 5. The van der Waals surface area contributed by atoms with Crippen molar-refractivity contribution in [1.29, 1.82) is 0 Å². The van der Waals surface area contributed by atoms with Crippen molar-refractivity contribution in [2.24, 2.45) is 17.2 Å². The van der Waals surface area contributed by atoms with Crippen LogP contribution in [-0.2, 0) is 9.59 Å². The van der Waals surface area contributed by atoms with Crippen LogP contribution in [0, 0.1) is 0 Å². The van der Waals surface area contributed by atoms with Gasteiger partial charge in [-0.1, -0.05) is 149 Å². The number of nitrogens with zero attached hydrogens (tertiary/aromatic N) is 1. The van der Waals surface area contributed by atoms with Gasteiger partial charge in [0.05, 0.1) is 39.3 Å². The molecule has 0 aromatic carbocycles. The van der Waals surface area contributed by atoms with Crippen LogP contribution in [0.4, 0.5) is 0 Å². The molecule has 1 unspecified atom stereocenters. The fourth-order valence-electron chi connectivity index (χ4n) is 7.26. The second-order valence-corrected chi connectivity index (χ2v) is 16.1. The van der Waals surface area contributed by atoms with Crippen molar-refractivity contribution >= 4 is 11.8 Å². The van der Waals surface area contributed by atoms with E-state index in [2.05, 4.69) is 31.5 Å². The predicted octanol–water partition coefficient (Wildman–Crippen LogP) is 9.02. The molecule has 2 amide bonds. The highest BCUT2D eigenvalue weighted by Crippen LogP contribution is 2.16. The van der Waals surface area contributed by atoms with E-state index >= 15 is 0 Å². The molecular weight excluding hydrogens is 633 g/mol. The van der Waals surface area contributed by atoms with Crippen molar-refractivity contribution < 1.29 is 14.1 Å². The van der Waals surface area contributed by atoms with Crippen molar-refractivity contribution in [3.05, 3.63) is 0 Å². The van der Waals surface area contributed by atoms with Gasteiger partial charge >= 0.3 is 0 Å². The van der Waals surface area contributed by atoms with Crippen molar-refractivity contribution in [3.8, 4) is 0 Å². The van der Waals surface area contributed by atoms with Crippen LogP contribution >= 0.6 is 0 Å². The molecule has 51 heavy (non-hydrogen) atoms. The second-order valence-electron chi connectivity index (χ2n) is 16.1. The normalized spacial score (nSPS) is 13.0. The highest BCUT2D eigenvalue weighted by molar-refractivity contribution is 5.89. The van der Waals surface area contributed by atoms with Gasteiger partial charge in [-0.15, -0.1) is 0 Å². The summed E-state index contributed by atoms with van der Waals surface area (Å²) in [7, 11) is 2.39. The first kappa shape index (κ1) is 49.8. The molecule has 0 aliphatic rings. The topological polar surface area (TPSA) is 136 Å². The zero-order valence-corrected chi connectivity index (χ0v) is 34.6. The first-order valence-corrected chi connectivity index (χ1v) is 22.4. The third-order valence-corrected chi connectivity index (χ3v) is 10.9. The van der Waals surface area contributed by atoms with Crippen LogP contribution in [0.3, 0.4) is 0 Å². The Morgan fingerprint density at radius 1 is 0.490 bits per heavy atom. The van der Waals surface area contributed by atoms with Gasteiger partial charge in [0.25, 0.3) is 0 Å². The molecule has 0 aliphatic heterocycles. The third kappa shape index (κ3) is 32.0. The quantitative estimate of drug-likeness (QED) is 0.0318. The maximum absolute atomic E-state index is 13.4. The average Bonchev–Trinajstić information content (AvgIpc) is 3.12. The van der Waals surface area contributed by atoms with Crippen LogP contribution < -0.4 is 27.8 Å². The zero-order chi connectivity index (χ0) is 37.7. The Morgan fingerprint density at radius 3 is 1.25 bits per heavy atom. The monoisotopic (exact) mass is 724 g/mol. The van der Waals surface area contributed by atoms with Gasteiger partial charge in [-0.25, -0.2) is 0 Å². The molecule has 0 saturated carbocycles. The molecule has 0 fully saturated rings. The Labute approximate surface area is 317 Å². The lowest BCUT2D eigenvalue weighted by atomic mass is 10.0. The van der Waals surface area contributed by atoms with Gasteiger partial charge in [0.1, 0.15) is 6.04 Å². The highest BCUT2D eigenvalue weighted by Gasteiger charge is 2.25. The highest BCUT2D eigenvalue weighted by atomic mass is 16.2. The van der Waals surface area contributed by atoms with Crippen molar-refractivity contribution in [2.75, 3.05) is 46.3 Å². The predicted molar refractivity (Wildman–Crippen MR) is 222 cm³/mol. The van der Waals surface area contributed by atoms with Gasteiger partial charge in [-0.3, -0.25) is 9.59 Å². The zero-order valence-electron chi connectivity index (χ0n) is 34.6. The largest absolute Gasteiger partial charge is 0.349 e. The van der Waals surface area contributed by atoms with Crippen molar-refractivity contribution in [1.82, 2.24) is 10.6 Å². The van der Waals surface area contributed by atoms with E-state index in [9.17, 15) is 9.59 Å². The number of carbonyl (C=O) groups is 2. The fraction of sp³-hybridized carbons (Fsp3) is 0.953. The molecule has 0 aliphatic carbocycles. The minimum Gasteiger partial charge on any atom is -0.349 e. The molecule has 0 spiro atoms. The van der Waals surface area contributed by atoms with Crippen LogP contribution in [0.5, 0.6) is 0 Å². The van der Waals surface area contributed by atoms with Crippen LogP contribution in [0.1, 0.15) is 206 Å². The first-order valence-electron chi connectivity index (χ1n) is 22.4. The minimum atomic E-state index is -0.618. The number of amides is 2. The van der Waals surface area contributed by atoms with Gasteiger partial charge in [0.2, 0.25) is 11.8 Å². The summed E-state index contributed by atoms with van der Waals surface area (Å²) in [5.41, 5.74) is 17.5. The fourth-order valence-corrected chi connectivity index (χ4v) is 7.26. The summed E-state index contributed by atoms with van der Waals surface area (Å²) in [6, 6.07) is -1.19. The van der Waals surface area contributed by atoms with E-state index in [0.29, 0.717) is 32.5 Å². The number of nitrogens with two attached hydrogens (primary N) is 3. The Balaban J connectivity index is 4.82. The van der Waals surface area contributed by atoms with Crippen molar-refractivity contribution in [3.63, 3.8) is 0 Å². The van der Waals surface area contributed by atoms with E-state index in [0.717, 1.165) is 36.7 Å². The first-order chi connectivity index (χ1) is 24.8. The Hall–Kier alpha value is -1.22. The minimum absolute atomic E-state index is 0.100. The molecule has 2 atom stereocenters. The Bertz CT molecular complexity index is 739. The number of rotatable bonds is 40. The van der Waals surface area contributed by atoms with Crippen LogP contribution in [-0.4, -0.2) is 74.7 Å². The van der Waals surface area contributed by atoms with Gasteiger partial charge in [0, 0.05) is 0 Å². The van der Waals surface area contributed by atoms with E-state index in [1.807, 2.05) is 0 Å². The van der Waals surface area contributed by atoms with E-state index in [4.69, 9.17) is 17.2 Å². The molecule has 8 N–H and O–H groups in total. The number of carbonyl (C=O) groups excluding carboxylic acids is 2. The summed E-state index contributed by atoms with van der Waals surface area (Å²) >= 11 is 0.